The molecule has 140 valence electrons. The molecule has 3 aliphatic rings. The molecule has 26 heavy (non-hydrogen) atoms. The standard InChI is InChI=1S/C22H30N2O2/c1-16-11-13-17(14-12-16)21-22(26)23(18-7-3-2-4-8-18)15-20(25)24(21)19-9-5-6-10-19/h11-14,18-19,21H,2-10,15H2,1H3. The van der Waals surface area contributed by atoms with Gasteiger partial charge in [-0.05, 0) is 38.2 Å². The minimum absolute atomic E-state index is 0.146. The van der Waals surface area contributed by atoms with Crippen molar-refractivity contribution < 1.29 is 9.59 Å². The molecule has 1 heterocycles. The van der Waals surface area contributed by atoms with E-state index in [1.54, 1.807) is 0 Å². The highest BCUT2D eigenvalue weighted by atomic mass is 16.2. The summed E-state index contributed by atoms with van der Waals surface area (Å²) in [5.74, 6) is 0.292. The fraction of sp³-hybridized carbons (Fsp3) is 0.636. The number of piperazine rings is 1. The smallest absolute Gasteiger partial charge is 0.250 e. The molecule has 2 aliphatic carbocycles. The maximum absolute atomic E-state index is 13.6. The Hall–Kier alpha value is -1.84. The van der Waals surface area contributed by atoms with Crippen molar-refractivity contribution in [3.05, 3.63) is 35.4 Å². The van der Waals surface area contributed by atoms with Crippen molar-refractivity contribution in [3.63, 3.8) is 0 Å². The van der Waals surface area contributed by atoms with Crippen molar-refractivity contribution in [1.82, 2.24) is 9.80 Å². The summed E-state index contributed by atoms with van der Waals surface area (Å²) in [6, 6.07) is 8.24. The van der Waals surface area contributed by atoms with Crippen LogP contribution in [0.1, 0.15) is 75.0 Å². The van der Waals surface area contributed by atoms with Gasteiger partial charge in [0.15, 0.2) is 0 Å². The summed E-state index contributed by atoms with van der Waals surface area (Å²) >= 11 is 0. The molecule has 0 N–H and O–H groups in total. The van der Waals surface area contributed by atoms with Crippen molar-refractivity contribution >= 4 is 11.8 Å². The third-order valence-corrected chi connectivity index (χ3v) is 6.52. The zero-order chi connectivity index (χ0) is 18.1. The van der Waals surface area contributed by atoms with E-state index in [0.29, 0.717) is 0 Å². The Morgan fingerprint density at radius 3 is 2.04 bits per heavy atom. The Morgan fingerprint density at radius 1 is 0.808 bits per heavy atom. The van der Waals surface area contributed by atoms with E-state index in [0.717, 1.165) is 44.1 Å². The summed E-state index contributed by atoms with van der Waals surface area (Å²) in [7, 11) is 0. The number of amides is 2. The van der Waals surface area contributed by atoms with Gasteiger partial charge in [-0.15, -0.1) is 0 Å². The van der Waals surface area contributed by atoms with Gasteiger partial charge < -0.3 is 9.80 Å². The third-order valence-electron chi connectivity index (χ3n) is 6.52. The van der Waals surface area contributed by atoms with E-state index in [1.165, 1.54) is 24.8 Å². The predicted molar refractivity (Wildman–Crippen MR) is 102 cm³/mol. The Bertz CT molecular complexity index is 657. The van der Waals surface area contributed by atoms with Crippen molar-refractivity contribution in [3.8, 4) is 0 Å². The second-order valence-electron chi connectivity index (χ2n) is 8.31. The van der Waals surface area contributed by atoms with Crippen molar-refractivity contribution in [1.29, 1.82) is 0 Å². The van der Waals surface area contributed by atoms with Gasteiger partial charge in [-0.1, -0.05) is 61.9 Å². The normalized spacial score (nSPS) is 26.0. The molecule has 1 atom stereocenters. The van der Waals surface area contributed by atoms with E-state index >= 15 is 0 Å². The molecular formula is C22H30N2O2. The summed E-state index contributed by atoms with van der Waals surface area (Å²) in [5.41, 5.74) is 2.15. The second-order valence-corrected chi connectivity index (χ2v) is 8.31. The van der Waals surface area contributed by atoms with Gasteiger partial charge in [-0.2, -0.15) is 0 Å². The minimum atomic E-state index is -0.429. The van der Waals surface area contributed by atoms with Crippen LogP contribution in [-0.4, -0.2) is 40.2 Å². The summed E-state index contributed by atoms with van der Waals surface area (Å²) in [6.07, 6.45) is 10.1. The first-order valence-corrected chi connectivity index (χ1v) is 10.3. The molecule has 4 rings (SSSR count). The first-order chi connectivity index (χ1) is 12.6. The van der Waals surface area contributed by atoms with Gasteiger partial charge in [0.25, 0.3) is 5.91 Å². The van der Waals surface area contributed by atoms with Crippen LogP contribution in [0.25, 0.3) is 0 Å². The van der Waals surface area contributed by atoms with Gasteiger partial charge >= 0.3 is 0 Å². The fourth-order valence-electron chi connectivity index (χ4n) is 5.08. The lowest BCUT2D eigenvalue weighted by Gasteiger charge is -2.46. The quantitative estimate of drug-likeness (QED) is 0.824. The van der Waals surface area contributed by atoms with Gasteiger partial charge in [0.1, 0.15) is 12.6 Å². The summed E-state index contributed by atoms with van der Waals surface area (Å²) in [4.78, 5) is 30.6. The number of benzene rings is 1. The average Bonchev–Trinajstić information content (AvgIpc) is 3.19. The van der Waals surface area contributed by atoms with E-state index in [9.17, 15) is 9.59 Å². The van der Waals surface area contributed by atoms with E-state index in [1.807, 2.05) is 21.9 Å². The fourth-order valence-corrected chi connectivity index (χ4v) is 5.08. The molecule has 2 amide bonds. The number of hydrogen-bond acceptors (Lipinski definition) is 2. The van der Waals surface area contributed by atoms with Crippen LogP contribution in [0, 0.1) is 6.92 Å². The molecule has 0 spiro atoms. The summed E-state index contributed by atoms with van der Waals surface area (Å²) in [6.45, 7) is 2.34. The molecule has 0 bridgehead atoms. The number of hydrogen-bond donors (Lipinski definition) is 0. The van der Waals surface area contributed by atoms with E-state index in [-0.39, 0.29) is 30.4 Å². The van der Waals surface area contributed by atoms with Crippen LogP contribution >= 0.6 is 0 Å². The number of rotatable bonds is 3. The van der Waals surface area contributed by atoms with Gasteiger partial charge in [-0.25, -0.2) is 0 Å². The summed E-state index contributed by atoms with van der Waals surface area (Å²) < 4.78 is 0. The van der Waals surface area contributed by atoms with Crippen molar-refractivity contribution in [2.24, 2.45) is 0 Å². The average molecular weight is 354 g/mol. The molecule has 4 nitrogen and oxygen atoms in total. The molecule has 4 heteroatoms. The molecule has 1 aliphatic heterocycles. The Morgan fingerprint density at radius 2 is 1.38 bits per heavy atom. The van der Waals surface area contributed by atoms with Gasteiger partial charge in [0.2, 0.25) is 5.91 Å². The van der Waals surface area contributed by atoms with Crippen molar-refractivity contribution in [2.45, 2.75) is 82.8 Å². The van der Waals surface area contributed by atoms with Crippen molar-refractivity contribution in [2.75, 3.05) is 6.54 Å². The van der Waals surface area contributed by atoms with Crippen LogP contribution in [0.5, 0.6) is 0 Å². The molecular weight excluding hydrogens is 324 g/mol. The maximum Gasteiger partial charge on any atom is 0.250 e. The van der Waals surface area contributed by atoms with Crippen LogP contribution in [0.15, 0.2) is 24.3 Å². The van der Waals surface area contributed by atoms with Gasteiger partial charge in [0.05, 0.1) is 0 Å². The van der Waals surface area contributed by atoms with Crippen LogP contribution in [0.2, 0.25) is 0 Å². The second kappa shape index (κ2) is 7.42. The molecule has 1 unspecified atom stereocenters. The first-order valence-electron chi connectivity index (χ1n) is 10.3. The molecule has 1 aromatic carbocycles. The van der Waals surface area contributed by atoms with E-state index in [4.69, 9.17) is 0 Å². The highest BCUT2D eigenvalue weighted by molar-refractivity contribution is 5.96. The predicted octanol–water partition coefficient (Wildman–Crippen LogP) is 3.98. The lowest BCUT2D eigenvalue weighted by atomic mass is 9.91. The molecule has 1 saturated heterocycles. The molecule has 0 radical (unpaired) electrons. The number of nitrogens with zero attached hydrogens (tertiary/aromatic N) is 2. The van der Waals surface area contributed by atoms with Crippen LogP contribution in [0.3, 0.4) is 0 Å². The molecule has 3 fully saturated rings. The lowest BCUT2D eigenvalue weighted by Crippen LogP contribution is -2.60. The zero-order valence-electron chi connectivity index (χ0n) is 15.8. The SMILES string of the molecule is Cc1ccc(C2C(=O)N(C3CCCCC3)CC(=O)N2C2CCCC2)cc1. The molecule has 1 aromatic rings. The number of carbonyl (C=O) groups is 2. The van der Waals surface area contributed by atoms with Gasteiger partial charge in [-0.3, -0.25) is 9.59 Å². The van der Waals surface area contributed by atoms with Gasteiger partial charge in [0, 0.05) is 12.1 Å². The number of carbonyl (C=O) groups excluding carboxylic acids is 2. The van der Waals surface area contributed by atoms with E-state index < -0.39 is 6.04 Å². The monoisotopic (exact) mass is 354 g/mol. The first kappa shape index (κ1) is 17.6. The third kappa shape index (κ3) is 3.26. The van der Waals surface area contributed by atoms with Crippen LogP contribution < -0.4 is 0 Å². The zero-order valence-corrected chi connectivity index (χ0v) is 15.8. The summed E-state index contributed by atoms with van der Waals surface area (Å²) in [5, 5.41) is 0. The van der Waals surface area contributed by atoms with Crippen LogP contribution in [0.4, 0.5) is 0 Å². The molecule has 0 aromatic heterocycles. The Kier molecular flexibility index (Phi) is 5.01. The van der Waals surface area contributed by atoms with E-state index in [2.05, 4.69) is 19.1 Å². The maximum atomic E-state index is 13.6. The Labute approximate surface area is 156 Å². The number of aryl methyl sites for hydroxylation is 1. The minimum Gasteiger partial charge on any atom is -0.328 e. The van der Waals surface area contributed by atoms with Crippen LogP contribution in [-0.2, 0) is 9.59 Å². The largest absolute Gasteiger partial charge is 0.328 e. The highest BCUT2D eigenvalue weighted by Gasteiger charge is 2.45. The topological polar surface area (TPSA) is 40.6 Å². The Balaban J connectivity index is 1.67. The highest BCUT2D eigenvalue weighted by Crippen LogP contribution is 2.37. The lowest BCUT2D eigenvalue weighted by molar-refractivity contribution is -0.161. The molecule has 2 saturated carbocycles.